The predicted octanol–water partition coefficient (Wildman–Crippen LogP) is 2.20. The maximum absolute atomic E-state index is 12.4. The van der Waals surface area contributed by atoms with E-state index in [9.17, 15) is 4.79 Å². The van der Waals surface area contributed by atoms with Crippen molar-refractivity contribution in [1.29, 1.82) is 0 Å². The number of nitrogens with one attached hydrogen (secondary N) is 1. The van der Waals surface area contributed by atoms with Crippen molar-refractivity contribution in [3.8, 4) is 5.75 Å². The van der Waals surface area contributed by atoms with Crippen LogP contribution in [-0.4, -0.2) is 50.3 Å². The molecule has 132 valence electrons. The third-order valence-corrected chi connectivity index (χ3v) is 5.05. The number of hydrogen-bond donors (Lipinski definition) is 1. The van der Waals surface area contributed by atoms with Crippen LogP contribution < -0.4 is 10.1 Å². The van der Waals surface area contributed by atoms with Gasteiger partial charge in [-0.05, 0) is 44.8 Å². The lowest BCUT2D eigenvalue weighted by atomic mass is 9.95. The minimum atomic E-state index is 0.140. The van der Waals surface area contributed by atoms with Gasteiger partial charge in [-0.2, -0.15) is 0 Å². The van der Waals surface area contributed by atoms with Crippen molar-refractivity contribution in [3.63, 3.8) is 0 Å². The van der Waals surface area contributed by atoms with Gasteiger partial charge in [0, 0.05) is 24.6 Å². The summed E-state index contributed by atoms with van der Waals surface area (Å²) in [5.74, 6) is 1.29. The molecule has 0 aromatic heterocycles. The van der Waals surface area contributed by atoms with E-state index < -0.39 is 0 Å². The van der Waals surface area contributed by atoms with E-state index in [1.165, 1.54) is 5.56 Å². The second-order valence-electron chi connectivity index (χ2n) is 6.78. The molecule has 2 fully saturated rings. The second kappa shape index (κ2) is 8.49. The van der Waals surface area contributed by atoms with Crippen LogP contribution in [0, 0.1) is 5.92 Å². The molecule has 0 aliphatic carbocycles. The smallest absolute Gasteiger partial charge is 0.223 e. The third kappa shape index (κ3) is 4.48. The normalized spacial score (nSPS) is 23.0. The molecular weight excluding hydrogens is 304 g/mol. The van der Waals surface area contributed by atoms with Gasteiger partial charge in [-0.15, -0.1) is 0 Å². The number of piperidine rings is 1. The van der Waals surface area contributed by atoms with E-state index in [4.69, 9.17) is 9.47 Å². The highest BCUT2D eigenvalue weighted by atomic mass is 16.5. The maximum Gasteiger partial charge on any atom is 0.223 e. The molecule has 0 bridgehead atoms. The van der Waals surface area contributed by atoms with E-state index in [0.29, 0.717) is 6.61 Å². The molecule has 1 N–H and O–H groups in total. The van der Waals surface area contributed by atoms with Crippen LogP contribution in [0.4, 0.5) is 0 Å². The summed E-state index contributed by atoms with van der Waals surface area (Å²) in [7, 11) is 1.71. The monoisotopic (exact) mass is 332 g/mol. The molecule has 5 nitrogen and oxygen atoms in total. The van der Waals surface area contributed by atoms with E-state index in [1.54, 1.807) is 7.11 Å². The fourth-order valence-electron chi connectivity index (χ4n) is 3.60. The molecule has 2 aliphatic rings. The molecule has 2 aliphatic heterocycles. The number of amides is 1. The number of hydrogen-bond acceptors (Lipinski definition) is 4. The van der Waals surface area contributed by atoms with E-state index in [0.717, 1.165) is 57.7 Å². The highest BCUT2D eigenvalue weighted by molar-refractivity contribution is 5.79. The summed E-state index contributed by atoms with van der Waals surface area (Å²) in [6, 6.07) is 8.36. The minimum absolute atomic E-state index is 0.140. The van der Waals surface area contributed by atoms with Crippen molar-refractivity contribution in [1.82, 2.24) is 10.2 Å². The van der Waals surface area contributed by atoms with Crippen LogP contribution in [0.5, 0.6) is 5.75 Å². The summed E-state index contributed by atoms with van der Waals surface area (Å²) < 4.78 is 10.9. The molecule has 0 saturated carbocycles. The molecule has 1 amide bonds. The molecule has 0 radical (unpaired) electrons. The van der Waals surface area contributed by atoms with Crippen LogP contribution in [0.2, 0.25) is 0 Å². The van der Waals surface area contributed by atoms with Gasteiger partial charge in [-0.1, -0.05) is 18.2 Å². The Hall–Kier alpha value is -1.59. The van der Waals surface area contributed by atoms with Crippen molar-refractivity contribution in [2.24, 2.45) is 5.92 Å². The SMILES string of the molecule is COc1ccccc1CN1CCC(C(=O)NC2CCCOC2)CC1. The lowest BCUT2D eigenvalue weighted by molar-refractivity contribution is -0.128. The van der Waals surface area contributed by atoms with Crippen LogP contribution in [0.25, 0.3) is 0 Å². The Bertz CT molecular complexity index is 535. The van der Waals surface area contributed by atoms with Gasteiger partial charge in [0.05, 0.1) is 19.8 Å². The van der Waals surface area contributed by atoms with Crippen molar-refractivity contribution in [2.75, 3.05) is 33.4 Å². The molecule has 1 aromatic carbocycles. The summed E-state index contributed by atoms with van der Waals surface area (Å²) in [6.07, 6.45) is 3.93. The number of rotatable bonds is 5. The van der Waals surface area contributed by atoms with E-state index in [2.05, 4.69) is 16.3 Å². The van der Waals surface area contributed by atoms with Gasteiger partial charge in [0.15, 0.2) is 0 Å². The van der Waals surface area contributed by atoms with Crippen LogP contribution in [0.3, 0.4) is 0 Å². The zero-order valence-corrected chi connectivity index (χ0v) is 14.5. The molecule has 1 aromatic rings. The number of methoxy groups -OCH3 is 1. The van der Waals surface area contributed by atoms with Crippen molar-refractivity contribution >= 4 is 5.91 Å². The zero-order chi connectivity index (χ0) is 16.8. The van der Waals surface area contributed by atoms with Crippen molar-refractivity contribution < 1.29 is 14.3 Å². The largest absolute Gasteiger partial charge is 0.496 e. The first-order valence-corrected chi connectivity index (χ1v) is 8.98. The first kappa shape index (κ1) is 17.2. The van der Waals surface area contributed by atoms with Gasteiger partial charge in [-0.3, -0.25) is 9.69 Å². The maximum atomic E-state index is 12.4. The molecule has 1 unspecified atom stereocenters. The first-order chi connectivity index (χ1) is 11.8. The lowest BCUT2D eigenvalue weighted by Crippen LogP contribution is -2.46. The highest BCUT2D eigenvalue weighted by Gasteiger charge is 2.27. The fourth-order valence-corrected chi connectivity index (χ4v) is 3.60. The average molecular weight is 332 g/mol. The number of para-hydroxylation sites is 1. The van der Waals surface area contributed by atoms with Gasteiger partial charge in [0.2, 0.25) is 5.91 Å². The molecule has 5 heteroatoms. The Morgan fingerprint density at radius 3 is 2.79 bits per heavy atom. The van der Waals surface area contributed by atoms with Gasteiger partial charge < -0.3 is 14.8 Å². The molecule has 0 spiro atoms. The molecule has 2 saturated heterocycles. The summed E-state index contributed by atoms with van der Waals surface area (Å²) in [6.45, 7) is 4.29. The quantitative estimate of drug-likeness (QED) is 0.898. The van der Waals surface area contributed by atoms with Crippen LogP contribution in [-0.2, 0) is 16.1 Å². The van der Waals surface area contributed by atoms with Crippen molar-refractivity contribution in [2.45, 2.75) is 38.3 Å². The Labute approximate surface area is 144 Å². The van der Waals surface area contributed by atoms with Gasteiger partial charge in [-0.25, -0.2) is 0 Å². The second-order valence-corrected chi connectivity index (χ2v) is 6.78. The summed E-state index contributed by atoms with van der Waals surface area (Å²) in [5.41, 5.74) is 1.21. The lowest BCUT2D eigenvalue weighted by Gasteiger charge is -2.33. The fraction of sp³-hybridized carbons (Fsp3) is 0.632. The van der Waals surface area contributed by atoms with Crippen LogP contribution >= 0.6 is 0 Å². The topological polar surface area (TPSA) is 50.8 Å². The van der Waals surface area contributed by atoms with Crippen molar-refractivity contribution in [3.05, 3.63) is 29.8 Å². The van der Waals surface area contributed by atoms with Gasteiger partial charge >= 0.3 is 0 Å². The molecule has 1 atom stereocenters. The number of carbonyl (C=O) groups is 1. The van der Waals surface area contributed by atoms with Crippen LogP contribution in [0.1, 0.15) is 31.2 Å². The summed E-state index contributed by atoms with van der Waals surface area (Å²) >= 11 is 0. The number of likely N-dealkylation sites (tertiary alicyclic amines) is 1. The van der Waals surface area contributed by atoms with E-state index >= 15 is 0 Å². The standard InChI is InChI=1S/C19H28N2O3/c1-23-18-7-3-2-5-16(18)13-21-10-8-15(9-11-21)19(22)20-17-6-4-12-24-14-17/h2-3,5,7,15,17H,4,6,8-14H2,1H3,(H,20,22). The van der Waals surface area contributed by atoms with Gasteiger partial charge in [0.25, 0.3) is 0 Å². The third-order valence-electron chi connectivity index (χ3n) is 5.05. The predicted molar refractivity (Wildman–Crippen MR) is 93.0 cm³/mol. The minimum Gasteiger partial charge on any atom is -0.496 e. The number of benzene rings is 1. The number of nitrogens with zero attached hydrogens (tertiary/aromatic N) is 1. The number of carbonyl (C=O) groups excluding carboxylic acids is 1. The first-order valence-electron chi connectivity index (χ1n) is 8.98. The molecule has 24 heavy (non-hydrogen) atoms. The number of ether oxygens (including phenoxy) is 2. The Balaban J connectivity index is 1.46. The Morgan fingerprint density at radius 1 is 1.29 bits per heavy atom. The van der Waals surface area contributed by atoms with Gasteiger partial charge in [0.1, 0.15) is 5.75 Å². The average Bonchev–Trinajstić information content (AvgIpc) is 2.63. The molecule has 3 rings (SSSR count). The Morgan fingerprint density at radius 2 is 2.08 bits per heavy atom. The van der Waals surface area contributed by atoms with E-state index in [1.807, 2.05) is 18.2 Å². The summed E-state index contributed by atoms with van der Waals surface area (Å²) in [4.78, 5) is 14.8. The Kier molecular flexibility index (Phi) is 6.10. The molecular formula is C19H28N2O3. The zero-order valence-electron chi connectivity index (χ0n) is 14.5. The van der Waals surface area contributed by atoms with E-state index in [-0.39, 0.29) is 17.9 Å². The molecule has 2 heterocycles. The highest BCUT2D eigenvalue weighted by Crippen LogP contribution is 2.23. The summed E-state index contributed by atoms with van der Waals surface area (Å²) in [5, 5.41) is 3.17. The van der Waals surface area contributed by atoms with Crippen LogP contribution in [0.15, 0.2) is 24.3 Å².